The Morgan fingerprint density at radius 3 is 2.11 bits per heavy atom. The SMILES string of the molecule is CC.Cc1ccc(Cn2c(Br)nnc2SCC(=O)O)c2ccccc12.N=C(Br)N(Cc1cccc2ccccc12)C(=N)SCC(=O)O. The molecule has 10 nitrogen and oxygen atoms in total. The molecule has 0 radical (unpaired) electrons. The first kappa shape index (κ1) is 37.7. The van der Waals surface area contributed by atoms with Gasteiger partial charge in [0, 0.05) is 0 Å². The van der Waals surface area contributed by atoms with Gasteiger partial charge in [-0.3, -0.25) is 29.9 Å². The van der Waals surface area contributed by atoms with Crippen LogP contribution in [0.5, 0.6) is 0 Å². The molecule has 0 fully saturated rings. The van der Waals surface area contributed by atoms with Gasteiger partial charge in [0.1, 0.15) is 0 Å². The lowest BCUT2D eigenvalue weighted by Gasteiger charge is -2.22. The zero-order valence-corrected chi connectivity index (χ0v) is 30.7. The van der Waals surface area contributed by atoms with Crippen molar-refractivity contribution in [3.63, 3.8) is 0 Å². The Morgan fingerprint density at radius 2 is 1.45 bits per heavy atom. The van der Waals surface area contributed by atoms with Gasteiger partial charge in [0.05, 0.1) is 24.6 Å². The molecular formula is C33H34Br2N6O4S2. The van der Waals surface area contributed by atoms with E-state index in [1.165, 1.54) is 21.2 Å². The summed E-state index contributed by atoms with van der Waals surface area (Å²) in [6.45, 7) is 7.00. The summed E-state index contributed by atoms with van der Waals surface area (Å²) in [6, 6.07) is 26.2. The molecule has 5 rings (SSSR count). The van der Waals surface area contributed by atoms with E-state index in [0.29, 0.717) is 23.0 Å². The molecule has 0 atom stereocenters. The summed E-state index contributed by atoms with van der Waals surface area (Å²) in [7, 11) is 0. The molecule has 4 aromatic carbocycles. The molecule has 4 N–H and O–H groups in total. The molecule has 0 aliphatic heterocycles. The van der Waals surface area contributed by atoms with Gasteiger partial charge in [0.15, 0.2) is 15.1 Å². The minimum atomic E-state index is -0.985. The summed E-state index contributed by atoms with van der Waals surface area (Å²) in [5.41, 5.74) is 3.35. The first-order valence-corrected chi connectivity index (χ1v) is 17.9. The monoisotopic (exact) mass is 800 g/mol. The largest absolute Gasteiger partial charge is 0.481 e. The molecule has 14 heteroatoms. The molecule has 47 heavy (non-hydrogen) atoms. The van der Waals surface area contributed by atoms with E-state index in [1.54, 1.807) is 0 Å². The Hall–Kier alpha value is -3.72. The van der Waals surface area contributed by atoms with Gasteiger partial charge in [0.2, 0.25) is 4.73 Å². The molecule has 246 valence electrons. The van der Waals surface area contributed by atoms with Crippen LogP contribution in [0.2, 0.25) is 0 Å². The summed E-state index contributed by atoms with van der Waals surface area (Å²) in [5, 5.41) is 46.5. The van der Waals surface area contributed by atoms with Crippen LogP contribution < -0.4 is 0 Å². The number of nitrogens with zero attached hydrogens (tertiary/aromatic N) is 4. The van der Waals surface area contributed by atoms with Crippen molar-refractivity contribution in [2.75, 3.05) is 11.5 Å². The summed E-state index contributed by atoms with van der Waals surface area (Å²) in [6.07, 6.45) is 0. The Kier molecular flexibility index (Phi) is 14.9. The third-order valence-electron chi connectivity index (χ3n) is 6.58. The minimum Gasteiger partial charge on any atom is -0.481 e. The normalized spacial score (nSPS) is 10.4. The number of hydrogen-bond donors (Lipinski definition) is 4. The van der Waals surface area contributed by atoms with Crippen molar-refractivity contribution in [3.8, 4) is 0 Å². The van der Waals surface area contributed by atoms with Gasteiger partial charge in [-0.15, -0.1) is 10.2 Å². The summed E-state index contributed by atoms with van der Waals surface area (Å²) in [5.74, 6) is -2.10. The second kappa shape index (κ2) is 18.6. The van der Waals surface area contributed by atoms with E-state index in [9.17, 15) is 9.59 Å². The number of aryl methyl sites for hydroxylation is 1. The highest BCUT2D eigenvalue weighted by Crippen LogP contribution is 2.27. The Balaban J connectivity index is 0.000000243. The molecule has 0 amide bonds. The molecule has 0 bridgehead atoms. The molecule has 0 saturated heterocycles. The number of hydrogen-bond acceptors (Lipinski definition) is 8. The zero-order valence-electron chi connectivity index (χ0n) is 25.9. The van der Waals surface area contributed by atoms with E-state index in [2.05, 4.69) is 73.2 Å². The van der Waals surface area contributed by atoms with Crippen LogP contribution in [-0.2, 0) is 22.7 Å². The highest BCUT2D eigenvalue weighted by atomic mass is 79.9. The van der Waals surface area contributed by atoms with E-state index in [0.717, 1.165) is 45.4 Å². The standard InChI is InChI=1S/C16H14BrN3O2S.C15H14BrN3O2S.C2H6/c1-10-6-7-11(13-5-3-2-4-12(10)13)8-20-15(17)18-19-16(20)23-9-14(21)22;16-14(17)19(15(18)22-9-13(20)21)8-11-6-3-5-10-4-1-2-7-12(10)11;1-2/h2-7H,8-9H2,1H3,(H,21,22);1-7,17-18H,8-9H2,(H,20,21);1-2H3. The van der Waals surface area contributed by atoms with Crippen LogP contribution in [-0.4, -0.2) is 63.2 Å². The van der Waals surface area contributed by atoms with Crippen LogP contribution in [0.25, 0.3) is 21.5 Å². The summed E-state index contributed by atoms with van der Waals surface area (Å²) in [4.78, 5) is 22.8. The van der Waals surface area contributed by atoms with Crippen LogP contribution >= 0.6 is 55.4 Å². The van der Waals surface area contributed by atoms with Gasteiger partial charge in [-0.25, -0.2) is 0 Å². The van der Waals surface area contributed by atoms with E-state index in [4.69, 9.17) is 21.0 Å². The number of halogens is 2. The van der Waals surface area contributed by atoms with Gasteiger partial charge in [0.25, 0.3) is 0 Å². The smallest absolute Gasteiger partial charge is 0.313 e. The average molecular weight is 803 g/mol. The Bertz CT molecular complexity index is 1880. The maximum Gasteiger partial charge on any atom is 0.313 e. The molecule has 0 aliphatic rings. The van der Waals surface area contributed by atoms with E-state index in [-0.39, 0.29) is 21.4 Å². The number of fused-ring (bicyclic) bond motifs is 2. The predicted molar refractivity (Wildman–Crippen MR) is 199 cm³/mol. The van der Waals surface area contributed by atoms with Gasteiger partial charge in [-0.2, -0.15) is 0 Å². The molecule has 0 unspecified atom stereocenters. The molecule has 0 spiro atoms. The fraction of sp³-hybridized carbons (Fsp3) is 0.212. The topological polar surface area (TPSA) is 156 Å². The van der Waals surface area contributed by atoms with Crippen molar-refractivity contribution in [1.82, 2.24) is 19.7 Å². The number of carboxylic acid groups (broad SMARTS) is 2. The number of aromatic nitrogens is 3. The molecule has 0 saturated carbocycles. The number of carbonyl (C=O) groups is 2. The number of amidine groups is 2. The number of rotatable bonds is 9. The van der Waals surface area contributed by atoms with Crippen molar-refractivity contribution in [1.29, 1.82) is 10.8 Å². The fourth-order valence-electron chi connectivity index (χ4n) is 4.50. The van der Waals surface area contributed by atoms with Crippen LogP contribution in [0.3, 0.4) is 0 Å². The number of nitrogens with one attached hydrogen (secondary N) is 2. The van der Waals surface area contributed by atoms with Crippen LogP contribution in [0, 0.1) is 17.7 Å². The molecule has 1 heterocycles. The second-order valence-corrected chi connectivity index (χ2v) is 13.0. The lowest BCUT2D eigenvalue weighted by molar-refractivity contribution is -0.134. The van der Waals surface area contributed by atoms with Crippen LogP contribution in [0.1, 0.15) is 30.5 Å². The molecular weight excluding hydrogens is 768 g/mol. The fourth-order valence-corrected chi connectivity index (χ4v) is 6.64. The molecule has 5 aromatic rings. The Labute approximate surface area is 298 Å². The maximum atomic E-state index is 10.8. The summed E-state index contributed by atoms with van der Waals surface area (Å²) < 4.78 is 2.50. The number of aliphatic carboxylic acids is 2. The van der Waals surface area contributed by atoms with Crippen molar-refractivity contribution < 1.29 is 19.8 Å². The quantitative estimate of drug-likeness (QED) is 0.0497. The van der Waals surface area contributed by atoms with Crippen LogP contribution in [0.15, 0.2) is 88.8 Å². The van der Waals surface area contributed by atoms with Gasteiger partial charge in [-0.05, 0) is 77.0 Å². The highest BCUT2D eigenvalue weighted by Gasteiger charge is 2.17. The number of carboxylic acids is 2. The average Bonchev–Trinajstić information content (AvgIpc) is 3.42. The van der Waals surface area contributed by atoms with Crippen molar-refractivity contribution in [2.24, 2.45) is 0 Å². The van der Waals surface area contributed by atoms with Crippen LogP contribution in [0.4, 0.5) is 0 Å². The summed E-state index contributed by atoms with van der Waals surface area (Å²) >= 11 is 8.51. The van der Waals surface area contributed by atoms with Gasteiger partial charge in [-0.1, -0.05) is 116 Å². The second-order valence-electron chi connectivity index (χ2n) is 9.61. The third-order valence-corrected chi connectivity index (χ3v) is 9.43. The minimum absolute atomic E-state index is 0.0252. The first-order chi connectivity index (χ1) is 22.5. The lowest BCUT2D eigenvalue weighted by Crippen LogP contribution is -2.31. The highest BCUT2D eigenvalue weighted by molar-refractivity contribution is 9.18. The number of thioether (sulfide) groups is 2. The van der Waals surface area contributed by atoms with Crippen molar-refractivity contribution >= 4 is 98.8 Å². The van der Waals surface area contributed by atoms with Gasteiger partial charge < -0.3 is 10.2 Å². The van der Waals surface area contributed by atoms with E-state index in [1.807, 2.05) is 73.0 Å². The van der Waals surface area contributed by atoms with E-state index >= 15 is 0 Å². The van der Waals surface area contributed by atoms with E-state index < -0.39 is 11.9 Å². The number of benzene rings is 4. The predicted octanol–water partition coefficient (Wildman–Crippen LogP) is 8.48. The lowest BCUT2D eigenvalue weighted by atomic mass is 10.0. The Morgan fingerprint density at radius 1 is 0.830 bits per heavy atom. The zero-order chi connectivity index (χ0) is 34.5. The van der Waals surface area contributed by atoms with Crippen molar-refractivity contribution in [2.45, 2.75) is 39.0 Å². The third kappa shape index (κ3) is 10.6. The first-order valence-electron chi connectivity index (χ1n) is 14.4. The maximum absolute atomic E-state index is 10.8. The van der Waals surface area contributed by atoms with Crippen molar-refractivity contribution in [3.05, 3.63) is 100 Å². The molecule has 0 aliphatic carbocycles. The molecule has 1 aromatic heterocycles. The van der Waals surface area contributed by atoms with Gasteiger partial charge >= 0.3 is 11.9 Å².